The minimum atomic E-state index is -0.194. The first-order chi connectivity index (χ1) is 6.41. The number of rotatable bonds is 2. The number of amides is 1. The summed E-state index contributed by atoms with van der Waals surface area (Å²) in [6, 6.07) is 0.362. The van der Waals surface area contributed by atoms with Crippen LogP contribution in [0.3, 0.4) is 0 Å². The lowest BCUT2D eigenvalue weighted by molar-refractivity contribution is -0.121. The third-order valence-corrected chi connectivity index (χ3v) is 3.17. The highest BCUT2D eigenvalue weighted by molar-refractivity contribution is 7.81. The number of hydrogen-bond donors (Lipinski definition) is 2. The minimum Gasteiger partial charge on any atom is -0.352 e. The van der Waals surface area contributed by atoms with Gasteiger partial charge >= 0.3 is 0 Å². The second kappa shape index (κ2) is 4.56. The van der Waals surface area contributed by atoms with Crippen LogP contribution in [0.5, 0.6) is 0 Å². The SMILES string of the molecule is CC(S)C(=O)NC1CCCC(C)(C)C1. The highest BCUT2D eigenvalue weighted by Crippen LogP contribution is 2.35. The lowest BCUT2D eigenvalue weighted by atomic mass is 9.75. The molecular formula is C11H21NOS. The van der Waals surface area contributed by atoms with E-state index in [4.69, 9.17) is 0 Å². The van der Waals surface area contributed by atoms with E-state index in [9.17, 15) is 4.79 Å². The fourth-order valence-electron chi connectivity index (χ4n) is 2.14. The summed E-state index contributed by atoms with van der Waals surface area (Å²) < 4.78 is 0. The quantitative estimate of drug-likeness (QED) is 0.680. The molecule has 1 aliphatic rings. The summed E-state index contributed by atoms with van der Waals surface area (Å²) in [7, 11) is 0. The van der Waals surface area contributed by atoms with E-state index < -0.39 is 0 Å². The lowest BCUT2D eigenvalue weighted by Gasteiger charge is -2.35. The maximum atomic E-state index is 11.4. The summed E-state index contributed by atoms with van der Waals surface area (Å²) in [5.41, 5.74) is 0.385. The third kappa shape index (κ3) is 3.52. The van der Waals surface area contributed by atoms with Crippen molar-refractivity contribution in [2.24, 2.45) is 5.41 Å². The second-order valence-electron chi connectivity index (χ2n) is 5.14. The van der Waals surface area contributed by atoms with Gasteiger partial charge in [0.05, 0.1) is 5.25 Å². The van der Waals surface area contributed by atoms with Gasteiger partial charge in [-0.05, 0) is 31.6 Å². The van der Waals surface area contributed by atoms with Crippen molar-refractivity contribution in [1.82, 2.24) is 5.32 Å². The first-order valence-corrected chi connectivity index (χ1v) is 5.91. The number of hydrogen-bond acceptors (Lipinski definition) is 2. The normalized spacial score (nSPS) is 28.1. The number of nitrogens with one attached hydrogen (secondary N) is 1. The van der Waals surface area contributed by atoms with Gasteiger partial charge in [0.25, 0.3) is 0 Å². The topological polar surface area (TPSA) is 29.1 Å². The Morgan fingerprint density at radius 2 is 2.21 bits per heavy atom. The Kier molecular flexibility index (Phi) is 3.87. The molecule has 1 N–H and O–H groups in total. The lowest BCUT2D eigenvalue weighted by Crippen LogP contribution is -2.43. The molecule has 2 atom stereocenters. The third-order valence-electron chi connectivity index (χ3n) is 2.93. The maximum absolute atomic E-state index is 11.4. The Labute approximate surface area is 92.2 Å². The van der Waals surface area contributed by atoms with Crippen LogP contribution < -0.4 is 5.32 Å². The molecule has 0 heterocycles. The molecule has 0 aromatic heterocycles. The van der Waals surface area contributed by atoms with E-state index in [-0.39, 0.29) is 11.2 Å². The fraction of sp³-hybridized carbons (Fsp3) is 0.909. The first-order valence-electron chi connectivity index (χ1n) is 5.39. The predicted molar refractivity (Wildman–Crippen MR) is 62.6 cm³/mol. The minimum absolute atomic E-state index is 0.0658. The molecule has 0 aromatic rings. The number of carbonyl (C=O) groups is 1. The van der Waals surface area contributed by atoms with E-state index in [0.29, 0.717) is 11.5 Å². The largest absolute Gasteiger partial charge is 0.352 e. The summed E-state index contributed by atoms with van der Waals surface area (Å²) in [6.07, 6.45) is 4.71. The maximum Gasteiger partial charge on any atom is 0.232 e. The number of thiol groups is 1. The van der Waals surface area contributed by atoms with Crippen LogP contribution in [0.2, 0.25) is 0 Å². The van der Waals surface area contributed by atoms with Gasteiger partial charge in [-0.25, -0.2) is 0 Å². The molecule has 0 radical (unpaired) electrons. The van der Waals surface area contributed by atoms with Gasteiger partial charge in [-0.1, -0.05) is 20.3 Å². The average molecular weight is 215 g/mol. The molecule has 2 unspecified atom stereocenters. The van der Waals surface area contributed by atoms with Crippen LogP contribution in [-0.4, -0.2) is 17.2 Å². The van der Waals surface area contributed by atoms with Crippen molar-refractivity contribution < 1.29 is 4.79 Å². The smallest absolute Gasteiger partial charge is 0.232 e. The Balaban J connectivity index is 2.42. The monoisotopic (exact) mass is 215 g/mol. The van der Waals surface area contributed by atoms with E-state index in [1.807, 2.05) is 6.92 Å². The van der Waals surface area contributed by atoms with Crippen LogP contribution in [-0.2, 0) is 4.79 Å². The molecule has 0 aromatic carbocycles. The Bertz CT molecular complexity index is 213. The van der Waals surface area contributed by atoms with Crippen molar-refractivity contribution >= 4 is 18.5 Å². The highest BCUT2D eigenvalue weighted by Gasteiger charge is 2.29. The summed E-state index contributed by atoms with van der Waals surface area (Å²) in [5.74, 6) is 0.0658. The zero-order chi connectivity index (χ0) is 10.8. The van der Waals surface area contributed by atoms with Crippen molar-refractivity contribution in [3.63, 3.8) is 0 Å². The molecular weight excluding hydrogens is 194 g/mol. The molecule has 1 amide bonds. The summed E-state index contributed by atoms with van der Waals surface area (Å²) in [6.45, 7) is 6.36. The molecule has 2 nitrogen and oxygen atoms in total. The Morgan fingerprint density at radius 1 is 1.57 bits per heavy atom. The molecule has 0 bridgehead atoms. The standard InChI is InChI=1S/C11H21NOS/c1-8(14)10(13)12-9-5-4-6-11(2,3)7-9/h8-9,14H,4-7H2,1-3H3,(H,12,13). The molecule has 0 aliphatic heterocycles. The summed E-state index contributed by atoms with van der Waals surface area (Å²) in [4.78, 5) is 11.4. The van der Waals surface area contributed by atoms with Gasteiger partial charge in [-0.3, -0.25) is 4.79 Å². The highest BCUT2D eigenvalue weighted by atomic mass is 32.1. The zero-order valence-electron chi connectivity index (χ0n) is 9.34. The molecule has 82 valence electrons. The van der Waals surface area contributed by atoms with Crippen molar-refractivity contribution in [3.05, 3.63) is 0 Å². The molecule has 1 rings (SSSR count). The number of carbonyl (C=O) groups excluding carboxylic acids is 1. The molecule has 14 heavy (non-hydrogen) atoms. The van der Waals surface area contributed by atoms with E-state index in [1.165, 1.54) is 12.8 Å². The van der Waals surface area contributed by atoms with Crippen LogP contribution in [0.1, 0.15) is 46.5 Å². The van der Waals surface area contributed by atoms with E-state index in [0.717, 1.165) is 12.8 Å². The van der Waals surface area contributed by atoms with Crippen LogP contribution in [0.4, 0.5) is 0 Å². The van der Waals surface area contributed by atoms with Gasteiger partial charge in [-0.2, -0.15) is 12.6 Å². The van der Waals surface area contributed by atoms with Gasteiger partial charge in [-0.15, -0.1) is 0 Å². The molecule has 1 saturated carbocycles. The average Bonchev–Trinajstić information content (AvgIpc) is 2.01. The van der Waals surface area contributed by atoms with Gasteiger partial charge in [0.2, 0.25) is 5.91 Å². The Hall–Kier alpha value is -0.180. The molecule has 1 aliphatic carbocycles. The Morgan fingerprint density at radius 3 is 2.71 bits per heavy atom. The van der Waals surface area contributed by atoms with Crippen molar-refractivity contribution in [1.29, 1.82) is 0 Å². The molecule has 0 spiro atoms. The molecule has 3 heteroatoms. The van der Waals surface area contributed by atoms with E-state index in [2.05, 4.69) is 31.8 Å². The van der Waals surface area contributed by atoms with Crippen LogP contribution in [0.25, 0.3) is 0 Å². The zero-order valence-corrected chi connectivity index (χ0v) is 10.2. The summed E-state index contributed by atoms with van der Waals surface area (Å²) >= 11 is 4.12. The van der Waals surface area contributed by atoms with E-state index >= 15 is 0 Å². The van der Waals surface area contributed by atoms with Crippen LogP contribution in [0, 0.1) is 5.41 Å². The first kappa shape index (κ1) is 11.9. The van der Waals surface area contributed by atoms with Crippen LogP contribution in [0.15, 0.2) is 0 Å². The second-order valence-corrected chi connectivity index (χ2v) is 5.92. The van der Waals surface area contributed by atoms with Gasteiger partial charge < -0.3 is 5.32 Å². The van der Waals surface area contributed by atoms with Gasteiger partial charge in [0, 0.05) is 6.04 Å². The summed E-state index contributed by atoms with van der Waals surface area (Å²) in [5, 5.41) is 2.86. The molecule has 0 saturated heterocycles. The predicted octanol–water partition coefficient (Wildman–Crippen LogP) is 2.39. The van der Waals surface area contributed by atoms with Crippen molar-refractivity contribution in [3.8, 4) is 0 Å². The molecule has 1 fully saturated rings. The van der Waals surface area contributed by atoms with Gasteiger partial charge in [0.15, 0.2) is 0 Å². The van der Waals surface area contributed by atoms with Gasteiger partial charge in [0.1, 0.15) is 0 Å². The van der Waals surface area contributed by atoms with E-state index in [1.54, 1.807) is 0 Å². The van der Waals surface area contributed by atoms with Crippen molar-refractivity contribution in [2.75, 3.05) is 0 Å². The fourth-order valence-corrected chi connectivity index (χ4v) is 2.22. The van der Waals surface area contributed by atoms with Crippen LogP contribution >= 0.6 is 12.6 Å². The van der Waals surface area contributed by atoms with Crippen molar-refractivity contribution in [2.45, 2.75) is 57.7 Å².